The second kappa shape index (κ2) is 5.72. The lowest BCUT2D eigenvalue weighted by Gasteiger charge is -2.32. The third kappa shape index (κ3) is 4.30. The predicted octanol–water partition coefficient (Wildman–Crippen LogP) is 6.16. The molecule has 0 aliphatic carbocycles. The van der Waals surface area contributed by atoms with Crippen LogP contribution in [0.15, 0.2) is 12.1 Å². The summed E-state index contributed by atoms with van der Waals surface area (Å²) < 4.78 is 16.6. The van der Waals surface area contributed by atoms with Crippen molar-refractivity contribution in [1.29, 1.82) is 0 Å². The van der Waals surface area contributed by atoms with Crippen molar-refractivity contribution in [2.24, 2.45) is 0 Å². The number of hydrogen-bond acceptors (Lipinski definition) is 2. The molecule has 0 atom stereocenters. The molecule has 0 saturated heterocycles. The van der Waals surface area contributed by atoms with Crippen LogP contribution in [0.25, 0.3) is 0 Å². The Morgan fingerprint density at radius 1 is 0.762 bits per heavy atom. The van der Waals surface area contributed by atoms with Gasteiger partial charge < -0.3 is 4.52 Å². The number of benzene rings is 1. The lowest BCUT2D eigenvalue weighted by Crippen LogP contribution is -2.22. The van der Waals surface area contributed by atoms with E-state index in [1.165, 1.54) is 5.56 Å². The highest BCUT2D eigenvalue weighted by Crippen LogP contribution is 2.43. The largest absolute Gasteiger partial charge is 0.407 e. The Kier molecular flexibility index (Phi) is 4.95. The minimum Gasteiger partial charge on any atom is -0.407 e. The van der Waals surface area contributed by atoms with Crippen LogP contribution in [0.4, 0.5) is 0 Å². The van der Waals surface area contributed by atoms with E-state index in [0.29, 0.717) is 0 Å². The molecule has 0 saturated carbocycles. The fourth-order valence-electron chi connectivity index (χ4n) is 2.31. The summed E-state index contributed by atoms with van der Waals surface area (Å²) in [5.41, 5.74) is 3.44. The fraction of sp³-hybridized carbons (Fsp3) is 0.667. The normalized spacial score (nSPS) is 13.6. The maximum Gasteiger partial charge on any atom is 0.395 e. The second-order valence-electron chi connectivity index (χ2n) is 8.82. The first kappa shape index (κ1) is 18.2. The second-order valence-corrected chi connectivity index (χ2v) is 9.15. The van der Waals surface area contributed by atoms with Gasteiger partial charge in [-0.25, -0.2) is 4.57 Å². The van der Waals surface area contributed by atoms with E-state index < -0.39 is 0 Å². The van der Waals surface area contributed by atoms with E-state index in [1.807, 2.05) is 0 Å². The Labute approximate surface area is 131 Å². The summed E-state index contributed by atoms with van der Waals surface area (Å²) in [5, 5.41) is 0. The zero-order valence-corrected chi connectivity index (χ0v) is 15.8. The van der Waals surface area contributed by atoms with E-state index in [2.05, 4.69) is 74.4 Å². The first-order valence-corrected chi connectivity index (χ1v) is 8.20. The fourth-order valence-corrected chi connectivity index (χ4v) is 2.58. The molecule has 0 amide bonds. The van der Waals surface area contributed by atoms with Gasteiger partial charge in [-0.05, 0) is 21.8 Å². The van der Waals surface area contributed by atoms with Gasteiger partial charge >= 0.3 is 8.69 Å². The first-order chi connectivity index (χ1) is 9.28. The molecule has 3 heteroatoms. The summed E-state index contributed by atoms with van der Waals surface area (Å²) in [4.78, 5) is 0. The molecule has 21 heavy (non-hydrogen) atoms. The first-order valence-electron chi connectivity index (χ1n) is 7.47. The highest BCUT2D eigenvalue weighted by Gasteiger charge is 2.30. The molecule has 0 fully saturated rings. The smallest absolute Gasteiger partial charge is 0.395 e. The lowest BCUT2D eigenvalue weighted by molar-refractivity contribution is 0.476. The maximum absolute atomic E-state index is 11.1. The lowest BCUT2D eigenvalue weighted by atomic mass is 9.75. The van der Waals surface area contributed by atoms with Crippen LogP contribution < -0.4 is 4.52 Å². The van der Waals surface area contributed by atoms with E-state index >= 15 is 0 Å². The predicted molar refractivity (Wildman–Crippen MR) is 90.8 cm³/mol. The highest BCUT2D eigenvalue weighted by atomic mass is 31.1. The molecule has 1 rings (SSSR count). The van der Waals surface area contributed by atoms with E-state index in [0.717, 1.165) is 16.9 Å². The Hall–Kier alpha value is -0.880. The molecule has 1 aromatic carbocycles. The average molecular weight is 308 g/mol. The van der Waals surface area contributed by atoms with Gasteiger partial charge in [-0.15, -0.1) is 0 Å². The Morgan fingerprint density at radius 3 is 1.38 bits per heavy atom. The molecule has 0 aliphatic rings. The molecule has 0 N–H and O–H groups in total. The molecule has 1 aromatic rings. The van der Waals surface area contributed by atoms with Gasteiger partial charge in [0.1, 0.15) is 5.75 Å². The van der Waals surface area contributed by atoms with Crippen molar-refractivity contribution in [3.63, 3.8) is 0 Å². The van der Waals surface area contributed by atoms with Crippen molar-refractivity contribution in [2.75, 3.05) is 0 Å². The van der Waals surface area contributed by atoms with Gasteiger partial charge in [-0.2, -0.15) is 0 Å². The quantitative estimate of drug-likeness (QED) is 0.611. The summed E-state index contributed by atoms with van der Waals surface area (Å²) in [5.74, 6) is 0.764. The van der Waals surface area contributed by atoms with Crippen molar-refractivity contribution in [2.45, 2.75) is 78.6 Å². The summed E-state index contributed by atoms with van der Waals surface area (Å²) >= 11 is 0. The Bertz CT molecular complexity index is 491. The van der Waals surface area contributed by atoms with Crippen LogP contribution in [-0.4, -0.2) is 0 Å². The van der Waals surface area contributed by atoms with Crippen molar-refractivity contribution < 1.29 is 9.09 Å². The zero-order valence-electron chi connectivity index (χ0n) is 14.9. The van der Waals surface area contributed by atoms with Crippen LogP contribution in [0.1, 0.15) is 79.0 Å². The van der Waals surface area contributed by atoms with Gasteiger partial charge in [0, 0.05) is 11.1 Å². The van der Waals surface area contributed by atoms with Gasteiger partial charge in [-0.3, -0.25) is 0 Å². The molecule has 118 valence electrons. The zero-order chi connectivity index (χ0) is 16.6. The number of hydrogen-bond donors (Lipinski definition) is 0. The molecule has 0 radical (unpaired) electrons. The average Bonchev–Trinajstić information content (AvgIpc) is 2.24. The van der Waals surface area contributed by atoms with Gasteiger partial charge in [-0.1, -0.05) is 74.4 Å². The van der Waals surface area contributed by atoms with E-state index in [1.54, 1.807) is 0 Å². The SMILES string of the molecule is CC(C)(C)c1cc(C(C)(C)C)c(OP=O)c(C(C)(C)C)c1. The van der Waals surface area contributed by atoms with Crippen LogP contribution in [0.5, 0.6) is 5.75 Å². The minimum atomic E-state index is -0.301. The summed E-state index contributed by atoms with van der Waals surface area (Å²) in [7, 11) is -0.301. The van der Waals surface area contributed by atoms with E-state index in [-0.39, 0.29) is 24.9 Å². The minimum absolute atomic E-state index is 0.0632. The molecular formula is C18H29O2P. The van der Waals surface area contributed by atoms with E-state index in [4.69, 9.17) is 4.52 Å². The van der Waals surface area contributed by atoms with Crippen LogP contribution in [0, 0.1) is 0 Å². The van der Waals surface area contributed by atoms with Gasteiger partial charge in [0.15, 0.2) is 0 Å². The Balaban J connectivity index is 3.79. The molecule has 2 nitrogen and oxygen atoms in total. The molecular weight excluding hydrogens is 279 g/mol. The third-order valence-corrected chi connectivity index (χ3v) is 3.96. The summed E-state index contributed by atoms with van der Waals surface area (Å²) in [6.07, 6.45) is 0. The molecule has 0 unspecified atom stereocenters. The molecule has 0 aliphatic heterocycles. The van der Waals surface area contributed by atoms with Crippen LogP contribution in [-0.2, 0) is 20.8 Å². The van der Waals surface area contributed by atoms with Crippen LogP contribution in [0.3, 0.4) is 0 Å². The van der Waals surface area contributed by atoms with Crippen molar-refractivity contribution in [1.82, 2.24) is 0 Å². The maximum atomic E-state index is 11.1. The van der Waals surface area contributed by atoms with Gasteiger partial charge in [0.05, 0.1) is 0 Å². The van der Waals surface area contributed by atoms with Crippen molar-refractivity contribution in [3.8, 4) is 5.75 Å². The van der Waals surface area contributed by atoms with Crippen LogP contribution >= 0.6 is 8.69 Å². The highest BCUT2D eigenvalue weighted by molar-refractivity contribution is 7.17. The van der Waals surface area contributed by atoms with Crippen molar-refractivity contribution >= 4 is 8.69 Å². The third-order valence-electron chi connectivity index (χ3n) is 3.70. The van der Waals surface area contributed by atoms with Gasteiger partial charge in [0.2, 0.25) is 0 Å². The Morgan fingerprint density at radius 2 is 1.14 bits per heavy atom. The number of rotatable bonds is 2. The summed E-state index contributed by atoms with van der Waals surface area (Å²) in [6, 6.07) is 4.41. The van der Waals surface area contributed by atoms with Crippen LogP contribution in [0.2, 0.25) is 0 Å². The van der Waals surface area contributed by atoms with Crippen molar-refractivity contribution in [3.05, 3.63) is 28.8 Å². The molecule has 0 heterocycles. The van der Waals surface area contributed by atoms with E-state index in [9.17, 15) is 4.57 Å². The van der Waals surface area contributed by atoms with Gasteiger partial charge in [0.25, 0.3) is 0 Å². The summed E-state index contributed by atoms with van der Waals surface area (Å²) in [6.45, 7) is 19.6. The molecule has 0 bridgehead atoms. The molecule has 0 spiro atoms. The monoisotopic (exact) mass is 308 g/mol. The standard InChI is InChI=1S/C18H29O2P/c1-16(2,3)12-10-13(17(4,5)6)15(20-21-19)14(11-12)18(7,8)9/h10-11H,1-9H3. The molecule has 0 aromatic heterocycles. The topological polar surface area (TPSA) is 26.3 Å².